The van der Waals surface area contributed by atoms with Gasteiger partial charge >= 0.3 is 0 Å². The first kappa shape index (κ1) is 33.5. The molecule has 2 bridgehead atoms. The molecule has 1 unspecified atom stereocenters. The zero-order chi connectivity index (χ0) is 32.0. The molecule has 1 fully saturated rings. The highest BCUT2D eigenvalue weighted by Gasteiger charge is 2.38. The van der Waals surface area contributed by atoms with Gasteiger partial charge in [0.15, 0.2) is 0 Å². The van der Waals surface area contributed by atoms with Crippen LogP contribution < -0.4 is 14.4 Å². The molecule has 5 rings (SSSR count). The molecule has 0 spiro atoms. The maximum atomic E-state index is 14.4. The van der Waals surface area contributed by atoms with Crippen molar-refractivity contribution in [2.24, 2.45) is 16.2 Å². The van der Waals surface area contributed by atoms with Crippen LogP contribution in [0.25, 0.3) is 0 Å². The number of aryl methyl sites for hydroxylation is 1. The van der Waals surface area contributed by atoms with Crippen molar-refractivity contribution in [1.82, 2.24) is 4.72 Å². The number of carbonyl (C=O) groups excluding carboxylic acids is 2. The monoisotopic (exact) mass is 655 g/mol. The van der Waals surface area contributed by atoms with E-state index in [1.54, 1.807) is 20.1 Å². The molecule has 2 amide bonds. The molecule has 8 nitrogen and oxygen atoms in total. The number of fused-ring (bicyclic) bond motifs is 3. The predicted octanol–water partition coefficient (Wildman–Crippen LogP) is 7.28. The number of allylic oxidation sites excluding steroid dienone is 1. The van der Waals surface area contributed by atoms with Gasteiger partial charge in [-0.3, -0.25) is 14.3 Å². The maximum absolute atomic E-state index is 14.4. The second-order valence-electron chi connectivity index (χ2n) is 12.4. The van der Waals surface area contributed by atoms with Crippen molar-refractivity contribution < 1.29 is 23.3 Å². The molecule has 10 heteroatoms. The van der Waals surface area contributed by atoms with E-state index in [1.807, 2.05) is 25.1 Å². The topological polar surface area (TPSA) is 97.3 Å². The molecule has 1 aliphatic carbocycles. The van der Waals surface area contributed by atoms with Gasteiger partial charge in [0.25, 0.3) is 5.91 Å². The average molecular weight is 656 g/mol. The molecule has 1 saturated carbocycles. The van der Waals surface area contributed by atoms with E-state index in [-0.39, 0.29) is 12.5 Å². The van der Waals surface area contributed by atoms with Crippen LogP contribution in [0.4, 0.5) is 5.69 Å². The lowest BCUT2D eigenvalue weighted by Gasteiger charge is -2.43. The van der Waals surface area contributed by atoms with E-state index in [4.69, 9.17) is 21.1 Å². The number of anilines is 1. The fraction of sp³-hybridized carbons (Fsp3) is 0.543. The summed E-state index contributed by atoms with van der Waals surface area (Å²) in [6.45, 7) is 5.54. The van der Waals surface area contributed by atoms with Crippen LogP contribution in [-0.2, 0) is 32.4 Å². The fourth-order valence-electron chi connectivity index (χ4n) is 6.68. The van der Waals surface area contributed by atoms with Crippen LogP contribution in [0.5, 0.6) is 5.75 Å². The molecule has 2 aliphatic heterocycles. The minimum absolute atomic E-state index is 0.0378. The molecule has 2 heterocycles. The van der Waals surface area contributed by atoms with Gasteiger partial charge in [-0.2, -0.15) is 0 Å². The summed E-state index contributed by atoms with van der Waals surface area (Å²) in [5.41, 5.74) is 3.53. The van der Waals surface area contributed by atoms with E-state index < -0.39 is 27.0 Å². The lowest BCUT2D eigenvalue weighted by molar-refractivity contribution is -0.119. The molecule has 45 heavy (non-hydrogen) atoms. The number of rotatable bonds is 4. The molecule has 1 N–H and O–H groups in total. The molecule has 0 radical (unpaired) electrons. The van der Waals surface area contributed by atoms with Crippen LogP contribution >= 0.6 is 11.6 Å². The number of hydrogen-bond acceptors (Lipinski definition) is 6. The zero-order valence-corrected chi connectivity index (χ0v) is 28.2. The Bertz CT molecular complexity index is 1540. The number of nitrogens with zero attached hydrogens (tertiary/aromatic N) is 2. The van der Waals surface area contributed by atoms with Crippen LogP contribution in [0.2, 0.25) is 5.02 Å². The third-order valence-electron chi connectivity index (χ3n) is 9.49. The summed E-state index contributed by atoms with van der Waals surface area (Å²) < 4.78 is 33.6. The first-order valence-corrected chi connectivity index (χ1v) is 18.3. The van der Waals surface area contributed by atoms with Gasteiger partial charge in [-0.15, -0.1) is 4.36 Å². The number of nitrogens with one attached hydrogen (secondary N) is 1. The highest BCUT2D eigenvalue weighted by Crippen LogP contribution is 2.42. The molecule has 2 aromatic carbocycles. The van der Waals surface area contributed by atoms with E-state index in [9.17, 15) is 13.8 Å². The van der Waals surface area contributed by atoms with Gasteiger partial charge in [-0.1, -0.05) is 43.7 Å². The summed E-state index contributed by atoms with van der Waals surface area (Å²) in [6, 6.07) is 11.5. The van der Waals surface area contributed by atoms with Crippen LogP contribution in [0, 0.1) is 11.8 Å². The van der Waals surface area contributed by atoms with Crippen molar-refractivity contribution in [1.29, 1.82) is 0 Å². The smallest absolute Gasteiger partial charge is 0.286 e. The Balaban J connectivity index is 1.66. The van der Waals surface area contributed by atoms with E-state index >= 15 is 0 Å². The van der Waals surface area contributed by atoms with Crippen LogP contribution in [-0.4, -0.2) is 47.6 Å². The number of amides is 2. The van der Waals surface area contributed by atoms with Crippen LogP contribution in [0.15, 0.2) is 52.9 Å². The van der Waals surface area contributed by atoms with Crippen molar-refractivity contribution in [2.45, 2.75) is 89.5 Å². The Labute approximate surface area is 273 Å². The fourth-order valence-corrected chi connectivity index (χ4v) is 8.97. The lowest BCUT2D eigenvalue weighted by Crippen LogP contribution is -2.43. The summed E-state index contributed by atoms with van der Waals surface area (Å²) in [4.78, 5) is 28.7. The Morgan fingerprint density at radius 3 is 2.71 bits per heavy atom. The van der Waals surface area contributed by atoms with Crippen molar-refractivity contribution in [3.63, 3.8) is 0 Å². The van der Waals surface area contributed by atoms with Crippen LogP contribution in [0.3, 0.4) is 0 Å². The first-order chi connectivity index (χ1) is 21.7. The maximum Gasteiger partial charge on any atom is 0.286 e. The summed E-state index contributed by atoms with van der Waals surface area (Å²) in [5, 5.41) is 0.233. The van der Waals surface area contributed by atoms with Crippen LogP contribution in [0.1, 0.15) is 86.7 Å². The summed E-state index contributed by atoms with van der Waals surface area (Å²) in [7, 11) is -1.64. The van der Waals surface area contributed by atoms with Gasteiger partial charge in [0.1, 0.15) is 15.7 Å². The number of methoxy groups -OCH3 is 1. The second kappa shape index (κ2) is 15.1. The number of ether oxygens (including phenoxy) is 2. The van der Waals surface area contributed by atoms with Gasteiger partial charge in [0, 0.05) is 37.2 Å². The molecular formula is C35H46ClN3O5S. The lowest BCUT2D eigenvalue weighted by atomic mass is 9.70. The Morgan fingerprint density at radius 2 is 1.98 bits per heavy atom. The average Bonchev–Trinajstić information content (AvgIpc) is 3.04. The normalized spacial score (nSPS) is 28.2. The SMILES string of the molecule is CCC(=O)NS1(=O)=NC(=O)c2ccc3c(c2)N(Cc2ccc(Cl)cc2CCCCO3)C[C@@H]2CC[C@H]2[C@@H](OC)/C=C/CC[C@H]1CC. The van der Waals surface area contributed by atoms with Crippen molar-refractivity contribution in [3.8, 4) is 5.75 Å². The second-order valence-corrected chi connectivity index (χ2v) is 15.0. The van der Waals surface area contributed by atoms with E-state index in [0.717, 1.165) is 49.4 Å². The Morgan fingerprint density at radius 1 is 1.13 bits per heavy atom. The van der Waals surface area contributed by atoms with Gasteiger partial charge in [-0.25, -0.2) is 4.21 Å². The Kier molecular flexibility index (Phi) is 11.3. The largest absolute Gasteiger partial charge is 0.491 e. The summed E-state index contributed by atoms with van der Waals surface area (Å²) >= 11 is 6.44. The quantitative estimate of drug-likeness (QED) is 0.348. The molecule has 3 aliphatic rings. The molecule has 5 atom stereocenters. The zero-order valence-electron chi connectivity index (χ0n) is 26.6. The third kappa shape index (κ3) is 7.92. The Hall–Kier alpha value is -2.88. The minimum atomic E-state index is -3.40. The molecule has 2 aromatic rings. The minimum Gasteiger partial charge on any atom is -0.491 e. The van der Waals surface area contributed by atoms with Crippen molar-refractivity contribution >= 4 is 39.0 Å². The number of carbonyl (C=O) groups is 2. The molecule has 244 valence electrons. The van der Waals surface area contributed by atoms with Gasteiger partial charge in [0.05, 0.1) is 23.6 Å². The van der Waals surface area contributed by atoms with E-state index in [0.29, 0.717) is 55.6 Å². The van der Waals surface area contributed by atoms with Gasteiger partial charge < -0.3 is 14.4 Å². The van der Waals surface area contributed by atoms with Crippen molar-refractivity contribution in [3.05, 3.63) is 70.3 Å². The summed E-state index contributed by atoms with van der Waals surface area (Å²) in [5.74, 6) is 0.437. The standard InChI is InChI=1S/C35H46ClN3O5S/c1-4-29-11-6-7-12-32(43-3)30-17-14-27(30)23-39-22-26-13-16-28(36)20-24(26)10-8-9-19-44-33-18-15-25(21-31(33)39)35(41)38-45(29,42)37-34(40)5-2/h7,12-13,15-16,18,20-21,27,29-30,32H,4-6,8-11,14,17,19,22-23H2,1-3H3,(H,37,38,40,41,42)/b12-7+/t27-,29+,30+,32-,45?/m0/s1. The highest BCUT2D eigenvalue weighted by molar-refractivity contribution is 7.93. The summed E-state index contributed by atoms with van der Waals surface area (Å²) in [6.07, 6.45) is 10.9. The van der Waals surface area contributed by atoms with E-state index in [2.05, 4.69) is 38.3 Å². The third-order valence-corrected chi connectivity index (χ3v) is 12.2. The number of hydrogen-bond donors (Lipinski definition) is 1. The molecule has 0 saturated heterocycles. The predicted molar refractivity (Wildman–Crippen MR) is 180 cm³/mol. The first-order valence-electron chi connectivity index (χ1n) is 16.3. The highest BCUT2D eigenvalue weighted by atomic mass is 35.5. The van der Waals surface area contributed by atoms with Gasteiger partial charge in [0.2, 0.25) is 5.91 Å². The number of benzene rings is 2. The molecule has 0 aromatic heterocycles. The van der Waals surface area contributed by atoms with E-state index in [1.165, 1.54) is 11.1 Å². The number of halogens is 1. The molecular weight excluding hydrogens is 610 g/mol. The van der Waals surface area contributed by atoms with Gasteiger partial charge in [-0.05, 0) is 105 Å². The van der Waals surface area contributed by atoms with Crippen molar-refractivity contribution in [2.75, 3.05) is 25.2 Å².